The van der Waals surface area contributed by atoms with Gasteiger partial charge in [-0.3, -0.25) is 15.1 Å². The number of hydrazine groups is 1. The summed E-state index contributed by atoms with van der Waals surface area (Å²) in [5.41, 5.74) is 6.18. The van der Waals surface area contributed by atoms with E-state index >= 15 is 0 Å². The van der Waals surface area contributed by atoms with Crippen LogP contribution in [-0.2, 0) is 22.4 Å². The van der Waals surface area contributed by atoms with Gasteiger partial charge in [-0.15, -0.1) is 21.5 Å². The van der Waals surface area contributed by atoms with Gasteiger partial charge >= 0.3 is 5.97 Å². The second-order valence-electron chi connectivity index (χ2n) is 6.86. The molecular formula is C16H20N6O2S2. The number of carbonyl (C=O) groups is 1. The van der Waals surface area contributed by atoms with E-state index < -0.39 is 0 Å². The van der Waals surface area contributed by atoms with Crippen LogP contribution < -0.4 is 15.8 Å². The van der Waals surface area contributed by atoms with Gasteiger partial charge in [0.1, 0.15) is 11.2 Å². The number of rotatable bonds is 3. The van der Waals surface area contributed by atoms with Gasteiger partial charge in [-0.1, -0.05) is 18.7 Å². The minimum Gasteiger partial charge on any atom is -0.468 e. The number of carbonyl (C=O) groups excluding carboxylic acids is 1. The van der Waals surface area contributed by atoms with E-state index in [1.54, 1.807) is 0 Å². The Morgan fingerprint density at radius 1 is 1.46 bits per heavy atom. The molecule has 1 fully saturated rings. The maximum atomic E-state index is 11.6. The summed E-state index contributed by atoms with van der Waals surface area (Å²) in [6.45, 7) is 3.03. The first-order valence-electron chi connectivity index (χ1n) is 8.73. The Kier molecular flexibility index (Phi) is 3.96. The Hall–Kier alpha value is -1.62. The summed E-state index contributed by atoms with van der Waals surface area (Å²) in [5.74, 6) is 1.44. The van der Waals surface area contributed by atoms with E-state index in [0.29, 0.717) is 12.6 Å². The first kappa shape index (κ1) is 16.5. The molecule has 138 valence electrons. The van der Waals surface area contributed by atoms with Crippen molar-refractivity contribution >= 4 is 35.0 Å². The average Bonchev–Trinajstić information content (AvgIpc) is 3.34. The van der Waals surface area contributed by atoms with Gasteiger partial charge in [0.05, 0.1) is 19.5 Å². The third-order valence-electron chi connectivity index (χ3n) is 5.19. The molecule has 0 spiro atoms. The van der Waals surface area contributed by atoms with Crippen molar-refractivity contribution in [3.8, 4) is 5.00 Å². The highest BCUT2D eigenvalue weighted by Crippen LogP contribution is 2.48. The molecule has 8 nitrogen and oxygen atoms in total. The number of ether oxygens (including phenoxy) is 1. The van der Waals surface area contributed by atoms with E-state index in [1.165, 1.54) is 46.3 Å². The van der Waals surface area contributed by atoms with Gasteiger partial charge in [-0.2, -0.15) is 0 Å². The van der Waals surface area contributed by atoms with Crippen molar-refractivity contribution < 1.29 is 9.53 Å². The van der Waals surface area contributed by atoms with Crippen LogP contribution in [0.15, 0.2) is 5.16 Å². The molecule has 1 saturated heterocycles. The third-order valence-corrected chi connectivity index (χ3v) is 7.38. The average molecular weight is 393 g/mol. The van der Waals surface area contributed by atoms with Crippen LogP contribution in [0.5, 0.6) is 0 Å². The lowest BCUT2D eigenvalue weighted by atomic mass is 9.87. The molecule has 0 bridgehead atoms. The summed E-state index contributed by atoms with van der Waals surface area (Å²) in [5, 5.41) is 16.3. The summed E-state index contributed by atoms with van der Waals surface area (Å²) >= 11 is 3.21. The van der Waals surface area contributed by atoms with Crippen LogP contribution in [0.4, 0.5) is 5.95 Å². The lowest BCUT2D eigenvalue weighted by Gasteiger charge is -2.31. The SMILES string of the molecule is COC(=O)CSc1nnc2n1-c1sc3c(c1C1NCNN21)C[C@H](C)CC3. The zero-order chi connectivity index (χ0) is 17.8. The summed E-state index contributed by atoms with van der Waals surface area (Å²) in [7, 11) is 1.40. The molecule has 0 saturated carbocycles. The van der Waals surface area contributed by atoms with Crippen molar-refractivity contribution in [2.75, 3.05) is 24.5 Å². The van der Waals surface area contributed by atoms with Crippen molar-refractivity contribution in [1.82, 2.24) is 25.5 Å². The van der Waals surface area contributed by atoms with Crippen molar-refractivity contribution in [3.05, 3.63) is 16.0 Å². The van der Waals surface area contributed by atoms with Crippen LogP contribution >= 0.6 is 23.1 Å². The molecule has 5 rings (SSSR count). The zero-order valence-electron chi connectivity index (χ0n) is 14.6. The lowest BCUT2D eigenvalue weighted by Crippen LogP contribution is -2.39. The van der Waals surface area contributed by atoms with Crippen molar-refractivity contribution in [3.63, 3.8) is 0 Å². The quantitative estimate of drug-likeness (QED) is 0.602. The maximum absolute atomic E-state index is 11.6. The van der Waals surface area contributed by atoms with Crippen LogP contribution in [0.3, 0.4) is 0 Å². The van der Waals surface area contributed by atoms with Crippen LogP contribution in [0.2, 0.25) is 0 Å². The number of thioether (sulfide) groups is 1. The van der Waals surface area contributed by atoms with E-state index in [-0.39, 0.29) is 17.9 Å². The fraction of sp³-hybridized carbons (Fsp3) is 0.562. The summed E-state index contributed by atoms with van der Waals surface area (Å²) in [4.78, 5) is 13.0. The molecule has 2 N–H and O–H groups in total. The number of nitrogens with one attached hydrogen (secondary N) is 2. The summed E-state index contributed by atoms with van der Waals surface area (Å²) in [6.07, 6.45) is 3.59. The van der Waals surface area contributed by atoms with E-state index in [0.717, 1.165) is 23.9 Å². The van der Waals surface area contributed by atoms with Gasteiger partial charge in [-0.25, -0.2) is 9.99 Å². The van der Waals surface area contributed by atoms with Gasteiger partial charge in [0.2, 0.25) is 5.95 Å². The van der Waals surface area contributed by atoms with Crippen molar-refractivity contribution in [2.45, 2.75) is 37.5 Å². The first-order chi connectivity index (χ1) is 12.7. The van der Waals surface area contributed by atoms with E-state index in [4.69, 9.17) is 4.74 Å². The lowest BCUT2D eigenvalue weighted by molar-refractivity contribution is -0.137. The standard InChI is InChI=1S/C16H20N6O2S2/c1-8-3-4-10-9(5-8)12-13-17-7-18-22(13)15-19-20-16(21(15)14(12)26-10)25-6-11(23)24-2/h8,13,17-18H,3-7H2,1-2H3/t8-,13?/m1/s1. The first-order valence-corrected chi connectivity index (χ1v) is 10.5. The number of esters is 1. The number of hydrogen-bond donors (Lipinski definition) is 2. The smallest absolute Gasteiger partial charge is 0.316 e. The van der Waals surface area contributed by atoms with Crippen LogP contribution in [0.1, 0.15) is 35.5 Å². The maximum Gasteiger partial charge on any atom is 0.316 e. The van der Waals surface area contributed by atoms with Crippen molar-refractivity contribution in [1.29, 1.82) is 0 Å². The number of anilines is 1. The molecule has 3 aliphatic rings. The van der Waals surface area contributed by atoms with Gasteiger partial charge in [0.25, 0.3) is 0 Å². The molecule has 1 aliphatic carbocycles. The molecule has 26 heavy (non-hydrogen) atoms. The largest absolute Gasteiger partial charge is 0.468 e. The van der Waals surface area contributed by atoms with E-state index in [1.807, 2.05) is 11.3 Å². The van der Waals surface area contributed by atoms with E-state index in [9.17, 15) is 4.79 Å². The number of methoxy groups -OCH3 is 1. The normalized spacial score (nSPS) is 23.2. The predicted molar refractivity (Wildman–Crippen MR) is 99.5 cm³/mol. The zero-order valence-corrected chi connectivity index (χ0v) is 16.2. The molecule has 0 aromatic carbocycles. The molecule has 2 aromatic rings. The van der Waals surface area contributed by atoms with Gasteiger partial charge in [0, 0.05) is 10.4 Å². The van der Waals surface area contributed by atoms with Gasteiger partial charge in [0.15, 0.2) is 5.16 Å². The molecule has 0 radical (unpaired) electrons. The highest BCUT2D eigenvalue weighted by molar-refractivity contribution is 7.99. The molecule has 4 heterocycles. The third kappa shape index (κ3) is 2.39. The Labute approximate surface area is 159 Å². The Balaban J connectivity index is 1.62. The van der Waals surface area contributed by atoms with Crippen LogP contribution in [0.25, 0.3) is 5.00 Å². The molecule has 0 amide bonds. The number of nitrogens with zero attached hydrogens (tertiary/aromatic N) is 4. The molecule has 2 atom stereocenters. The number of fused-ring (bicyclic) bond motifs is 8. The number of aromatic nitrogens is 3. The number of aryl methyl sites for hydroxylation is 1. The second-order valence-corrected chi connectivity index (χ2v) is 8.89. The molecule has 1 unspecified atom stereocenters. The highest BCUT2D eigenvalue weighted by atomic mass is 32.2. The number of thiophene rings is 1. The van der Waals surface area contributed by atoms with Crippen molar-refractivity contribution in [2.24, 2.45) is 5.92 Å². The monoisotopic (exact) mass is 392 g/mol. The molecule has 2 aliphatic heterocycles. The molecular weight excluding hydrogens is 372 g/mol. The van der Waals surface area contributed by atoms with Crippen LogP contribution in [0, 0.1) is 5.92 Å². The molecule has 10 heteroatoms. The Bertz CT molecular complexity index is 878. The summed E-state index contributed by atoms with van der Waals surface area (Å²) in [6, 6.07) is 0. The highest BCUT2D eigenvalue weighted by Gasteiger charge is 2.42. The Morgan fingerprint density at radius 2 is 2.35 bits per heavy atom. The summed E-state index contributed by atoms with van der Waals surface area (Å²) < 4.78 is 6.85. The minimum atomic E-state index is -0.262. The topological polar surface area (TPSA) is 84.3 Å². The minimum absolute atomic E-state index is 0.0884. The van der Waals surface area contributed by atoms with Gasteiger partial charge < -0.3 is 4.74 Å². The molecule has 2 aromatic heterocycles. The van der Waals surface area contributed by atoms with Crippen LogP contribution in [-0.4, -0.2) is 40.3 Å². The number of hydrogen-bond acceptors (Lipinski definition) is 9. The fourth-order valence-electron chi connectivity index (χ4n) is 3.91. The fourth-order valence-corrected chi connectivity index (χ4v) is 6.11. The predicted octanol–water partition coefficient (Wildman–Crippen LogP) is 1.60. The second kappa shape index (κ2) is 6.22. The van der Waals surface area contributed by atoms with Gasteiger partial charge in [-0.05, 0) is 30.7 Å². The van der Waals surface area contributed by atoms with E-state index in [2.05, 4.69) is 37.4 Å². The Morgan fingerprint density at radius 3 is 3.19 bits per heavy atom.